The molecule has 1 heterocycles. The number of esters is 1. The quantitative estimate of drug-likeness (QED) is 0.789. The summed E-state index contributed by atoms with van der Waals surface area (Å²) in [5, 5.41) is 3.89. The number of carbonyl (C=O) groups is 1. The van der Waals surface area contributed by atoms with Gasteiger partial charge in [-0.25, -0.2) is 4.98 Å². The molecule has 0 spiro atoms. The number of nitrogens with one attached hydrogen (secondary N) is 1. The van der Waals surface area contributed by atoms with Crippen LogP contribution in [0.2, 0.25) is 0 Å². The average Bonchev–Trinajstić information content (AvgIpc) is 2.99. The smallest absolute Gasteiger partial charge is 0.307 e. The van der Waals surface area contributed by atoms with Crippen LogP contribution < -0.4 is 5.32 Å². The van der Waals surface area contributed by atoms with Gasteiger partial charge in [-0.1, -0.05) is 0 Å². The molecular weight excluding hydrogens is 238 g/mol. The molecule has 0 unspecified atom stereocenters. The van der Waals surface area contributed by atoms with Crippen LogP contribution in [0.5, 0.6) is 0 Å². The molecule has 94 valence electrons. The lowest BCUT2D eigenvalue weighted by molar-refractivity contribution is -0.147. The first kappa shape index (κ1) is 12.3. The Kier molecular flexibility index (Phi) is 3.93. The third-order valence-corrected chi connectivity index (χ3v) is 3.04. The summed E-state index contributed by atoms with van der Waals surface area (Å²) in [5.41, 5.74) is 0. The first-order valence-corrected chi connectivity index (χ1v) is 6.69. The molecule has 0 aliphatic heterocycles. The predicted molar refractivity (Wildman–Crippen MR) is 66.2 cm³/mol. The van der Waals surface area contributed by atoms with E-state index in [2.05, 4.69) is 14.7 Å². The van der Waals surface area contributed by atoms with E-state index in [4.69, 9.17) is 4.74 Å². The summed E-state index contributed by atoms with van der Waals surface area (Å²) in [6, 6.07) is 0. The average molecular weight is 255 g/mol. The second-order valence-electron chi connectivity index (χ2n) is 4.45. The number of hydrogen-bond donors (Lipinski definition) is 1. The van der Waals surface area contributed by atoms with E-state index in [1.54, 1.807) is 0 Å². The van der Waals surface area contributed by atoms with Crippen LogP contribution in [0.4, 0.5) is 5.13 Å². The van der Waals surface area contributed by atoms with Gasteiger partial charge >= 0.3 is 5.97 Å². The number of carbonyl (C=O) groups excluding carboxylic acids is 1. The molecule has 6 heteroatoms. The fourth-order valence-corrected chi connectivity index (χ4v) is 2.08. The van der Waals surface area contributed by atoms with Crippen molar-refractivity contribution in [3.63, 3.8) is 0 Å². The topological polar surface area (TPSA) is 64.1 Å². The minimum absolute atomic E-state index is 0.0505. The molecule has 1 saturated carbocycles. The maximum Gasteiger partial charge on any atom is 0.307 e. The van der Waals surface area contributed by atoms with Crippen molar-refractivity contribution >= 4 is 22.6 Å². The van der Waals surface area contributed by atoms with Crippen LogP contribution in [0.3, 0.4) is 0 Å². The molecule has 0 aromatic carbocycles. The molecule has 0 radical (unpaired) electrons. The maximum atomic E-state index is 11.3. The number of rotatable bonds is 6. The van der Waals surface area contributed by atoms with Crippen molar-refractivity contribution < 1.29 is 9.53 Å². The van der Waals surface area contributed by atoms with Crippen molar-refractivity contribution in [2.45, 2.75) is 45.1 Å². The van der Waals surface area contributed by atoms with Crippen molar-refractivity contribution in [3.8, 4) is 0 Å². The van der Waals surface area contributed by atoms with E-state index in [1.807, 2.05) is 13.8 Å². The first-order valence-electron chi connectivity index (χ1n) is 5.92. The molecule has 0 amide bonds. The lowest BCUT2D eigenvalue weighted by Gasteiger charge is -2.07. The highest BCUT2D eigenvalue weighted by Crippen LogP contribution is 2.39. The Labute approximate surface area is 105 Å². The number of ether oxygens (including phenoxy) is 1. The highest BCUT2D eigenvalue weighted by molar-refractivity contribution is 7.09. The molecule has 0 saturated heterocycles. The van der Waals surface area contributed by atoms with Gasteiger partial charge in [-0.15, -0.1) is 0 Å². The van der Waals surface area contributed by atoms with E-state index >= 15 is 0 Å². The van der Waals surface area contributed by atoms with Gasteiger partial charge in [0.05, 0.1) is 12.5 Å². The van der Waals surface area contributed by atoms with Crippen LogP contribution in [-0.4, -0.2) is 28.0 Å². The van der Waals surface area contributed by atoms with Crippen molar-refractivity contribution in [1.29, 1.82) is 0 Å². The van der Waals surface area contributed by atoms with Crippen LogP contribution in [0, 0.1) is 0 Å². The van der Waals surface area contributed by atoms with Gasteiger partial charge in [0.1, 0.15) is 5.82 Å². The number of nitrogens with zero attached hydrogens (tertiary/aromatic N) is 2. The summed E-state index contributed by atoms with van der Waals surface area (Å²) in [6.45, 7) is 4.24. The fraction of sp³-hybridized carbons (Fsp3) is 0.727. The summed E-state index contributed by atoms with van der Waals surface area (Å²) in [6.07, 6.45) is 2.72. The van der Waals surface area contributed by atoms with Gasteiger partial charge in [-0.05, 0) is 26.7 Å². The fourth-order valence-electron chi connectivity index (χ4n) is 1.41. The van der Waals surface area contributed by atoms with E-state index in [9.17, 15) is 4.79 Å². The second-order valence-corrected chi connectivity index (χ2v) is 5.20. The lowest BCUT2D eigenvalue weighted by atomic mass is 10.4. The predicted octanol–water partition coefficient (Wildman–Crippen LogP) is 2.17. The van der Waals surface area contributed by atoms with Gasteiger partial charge in [-0.2, -0.15) is 4.37 Å². The van der Waals surface area contributed by atoms with Crippen molar-refractivity contribution in [1.82, 2.24) is 9.36 Å². The molecule has 17 heavy (non-hydrogen) atoms. The molecule has 0 bridgehead atoms. The van der Waals surface area contributed by atoms with Gasteiger partial charge in [0.25, 0.3) is 0 Å². The Balaban J connectivity index is 1.68. The summed E-state index contributed by atoms with van der Waals surface area (Å²) in [5.74, 6) is 1.34. The molecule has 5 nitrogen and oxygen atoms in total. The highest BCUT2D eigenvalue weighted by Gasteiger charge is 2.27. The van der Waals surface area contributed by atoms with Gasteiger partial charge < -0.3 is 10.1 Å². The van der Waals surface area contributed by atoms with Crippen molar-refractivity contribution in [3.05, 3.63) is 5.82 Å². The Morgan fingerprint density at radius 2 is 2.35 bits per heavy atom. The summed E-state index contributed by atoms with van der Waals surface area (Å²) in [7, 11) is 0. The van der Waals surface area contributed by atoms with Crippen LogP contribution >= 0.6 is 11.5 Å². The Bertz CT molecular complexity index is 388. The van der Waals surface area contributed by atoms with Crippen LogP contribution in [0.25, 0.3) is 0 Å². The molecular formula is C11H17N3O2S. The zero-order valence-corrected chi connectivity index (χ0v) is 10.9. The SMILES string of the molecule is CC(C)OC(=O)CCNc1nc(C2CC2)ns1. The van der Waals surface area contributed by atoms with Crippen LogP contribution in [-0.2, 0) is 9.53 Å². The zero-order chi connectivity index (χ0) is 12.3. The van der Waals surface area contributed by atoms with Crippen molar-refractivity contribution in [2.24, 2.45) is 0 Å². The Morgan fingerprint density at radius 3 is 3.00 bits per heavy atom. The first-order chi connectivity index (χ1) is 8.15. The number of aromatic nitrogens is 2. The molecule has 1 fully saturated rings. The third kappa shape index (κ3) is 3.96. The largest absolute Gasteiger partial charge is 0.463 e. The Morgan fingerprint density at radius 1 is 1.59 bits per heavy atom. The van der Waals surface area contributed by atoms with Crippen LogP contribution in [0.1, 0.15) is 44.9 Å². The van der Waals surface area contributed by atoms with E-state index in [0.29, 0.717) is 18.9 Å². The van der Waals surface area contributed by atoms with E-state index < -0.39 is 0 Å². The summed E-state index contributed by atoms with van der Waals surface area (Å²) in [4.78, 5) is 15.6. The Hall–Kier alpha value is -1.17. The van der Waals surface area contributed by atoms with E-state index in [0.717, 1.165) is 11.0 Å². The summed E-state index contributed by atoms with van der Waals surface area (Å²) < 4.78 is 9.31. The van der Waals surface area contributed by atoms with Gasteiger partial charge in [0.2, 0.25) is 5.13 Å². The van der Waals surface area contributed by atoms with Crippen LogP contribution in [0.15, 0.2) is 0 Å². The lowest BCUT2D eigenvalue weighted by Crippen LogP contribution is -2.15. The molecule has 1 aromatic rings. The van der Waals surface area contributed by atoms with Gasteiger partial charge in [0, 0.05) is 24.0 Å². The second kappa shape index (κ2) is 5.44. The monoisotopic (exact) mass is 255 g/mol. The van der Waals surface area contributed by atoms with E-state index in [-0.39, 0.29) is 12.1 Å². The third-order valence-electron chi connectivity index (χ3n) is 2.36. The summed E-state index contributed by atoms with van der Waals surface area (Å²) >= 11 is 1.36. The minimum Gasteiger partial charge on any atom is -0.463 e. The molecule has 1 aliphatic carbocycles. The molecule has 1 aliphatic rings. The number of anilines is 1. The zero-order valence-electron chi connectivity index (χ0n) is 10.1. The standard InChI is InChI=1S/C11H17N3O2S/c1-7(2)16-9(15)5-6-12-11-13-10(14-17-11)8-3-4-8/h7-8H,3-6H2,1-2H3,(H,12,13,14). The normalized spacial score (nSPS) is 15.0. The molecule has 0 atom stereocenters. The molecule has 1 aromatic heterocycles. The maximum absolute atomic E-state index is 11.3. The highest BCUT2D eigenvalue weighted by atomic mass is 32.1. The van der Waals surface area contributed by atoms with Crippen molar-refractivity contribution in [2.75, 3.05) is 11.9 Å². The number of hydrogen-bond acceptors (Lipinski definition) is 6. The van der Waals surface area contributed by atoms with Gasteiger partial charge in [0.15, 0.2) is 0 Å². The van der Waals surface area contributed by atoms with E-state index in [1.165, 1.54) is 24.4 Å². The molecule has 1 N–H and O–H groups in total. The van der Waals surface area contributed by atoms with Gasteiger partial charge in [-0.3, -0.25) is 4.79 Å². The minimum atomic E-state index is -0.181. The molecule has 2 rings (SSSR count).